The van der Waals surface area contributed by atoms with E-state index in [1.54, 1.807) is 14.2 Å². The Kier molecular flexibility index (Phi) is 7.22. The van der Waals surface area contributed by atoms with Crippen LogP contribution in [0.2, 0.25) is 0 Å². The van der Waals surface area contributed by atoms with Crippen LogP contribution in [0, 0.1) is 6.92 Å². The molecule has 1 fully saturated rings. The predicted octanol–water partition coefficient (Wildman–Crippen LogP) is 1.44. The van der Waals surface area contributed by atoms with Crippen LogP contribution in [0.15, 0.2) is 0 Å². The Morgan fingerprint density at radius 3 is 2.47 bits per heavy atom. The molecular formula is C20H29N5O4S. The molecule has 1 aliphatic heterocycles. The maximum Gasteiger partial charge on any atom is 0.264 e. The van der Waals surface area contributed by atoms with Crippen molar-refractivity contribution in [3.63, 3.8) is 0 Å². The van der Waals surface area contributed by atoms with Crippen LogP contribution in [-0.2, 0) is 16.1 Å². The highest BCUT2D eigenvalue weighted by Crippen LogP contribution is 2.35. The molecule has 0 aromatic carbocycles. The van der Waals surface area contributed by atoms with E-state index >= 15 is 0 Å². The number of ether oxygens (including phenoxy) is 2. The van der Waals surface area contributed by atoms with E-state index in [4.69, 9.17) is 9.47 Å². The number of carbonyl (C=O) groups excluding carboxylic acids is 2. The number of piperazine rings is 1. The Morgan fingerprint density at radius 1 is 1.17 bits per heavy atom. The lowest BCUT2D eigenvalue weighted by Crippen LogP contribution is -2.51. The molecule has 10 heteroatoms. The monoisotopic (exact) mass is 435 g/mol. The van der Waals surface area contributed by atoms with Gasteiger partial charge in [0.15, 0.2) is 5.82 Å². The van der Waals surface area contributed by atoms with Crippen LogP contribution in [0.4, 0.5) is 0 Å². The zero-order chi connectivity index (χ0) is 21.8. The fourth-order valence-corrected chi connectivity index (χ4v) is 4.67. The van der Waals surface area contributed by atoms with Crippen LogP contribution in [0.3, 0.4) is 0 Å². The lowest BCUT2D eigenvalue weighted by atomic mass is 10.2. The van der Waals surface area contributed by atoms with E-state index in [-0.39, 0.29) is 24.5 Å². The molecule has 0 radical (unpaired) electrons. The number of fused-ring (bicyclic) bond motifs is 1. The number of hydrogen-bond acceptors (Lipinski definition) is 8. The second kappa shape index (κ2) is 9.67. The molecule has 164 valence electrons. The molecular weight excluding hydrogens is 406 g/mol. The Morgan fingerprint density at radius 2 is 1.87 bits per heavy atom. The van der Waals surface area contributed by atoms with Gasteiger partial charge in [-0.15, -0.1) is 11.3 Å². The minimum atomic E-state index is -0.0165. The van der Waals surface area contributed by atoms with Gasteiger partial charge in [-0.1, -0.05) is 0 Å². The van der Waals surface area contributed by atoms with E-state index in [0.29, 0.717) is 49.3 Å². The minimum absolute atomic E-state index is 0.0164. The normalized spacial score (nSPS) is 15.1. The summed E-state index contributed by atoms with van der Waals surface area (Å²) in [6, 6.07) is 0.126. The Labute approximate surface area is 180 Å². The van der Waals surface area contributed by atoms with Crippen LogP contribution in [0.25, 0.3) is 10.2 Å². The number of nitrogens with one attached hydrogen (secondary N) is 1. The summed E-state index contributed by atoms with van der Waals surface area (Å²) in [6.07, 6.45) is 0. The number of amides is 2. The average molecular weight is 436 g/mol. The first kappa shape index (κ1) is 22.4. The van der Waals surface area contributed by atoms with E-state index in [0.717, 1.165) is 15.8 Å². The number of aryl methyl sites for hydroxylation is 1. The Hall–Kier alpha value is -2.30. The Balaban J connectivity index is 1.73. The molecule has 1 N–H and O–H groups in total. The molecule has 0 aliphatic carbocycles. The van der Waals surface area contributed by atoms with Gasteiger partial charge < -0.3 is 19.7 Å². The second-order valence-corrected chi connectivity index (χ2v) is 8.61. The van der Waals surface area contributed by atoms with E-state index in [9.17, 15) is 9.59 Å². The van der Waals surface area contributed by atoms with Gasteiger partial charge in [-0.2, -0.15) is 4.98 Å². The molecule has 0 unspecified atom stereocenters. The molecule has 1 aliphatic rings. The summed E-state index contributed by atoms with van der Waals surface area (Å²) in [4.78, 5) is 39.4. The highest BCUT2D eigenvalue weighted by atomic mass is 32.1. The molecule has 1 saturated heterocycles. The highest BCUT2D eigenvalue weighted by Gasteiger charge is 2.28. The first-order chi connectivity index (χ1) is 14.3. The lowest BCUT2D eigenvalue weighted by molar-refractivity contribution is -0.123. The predicted molar refractivity (Wildman–Crippen MR) is 115 cm³/mol. The molecule has 3 heterocycles. The molecule has 9 nitrogen and oxygen atoms in total. The van der Waals surface area contributed by atoms with Gasteiger partial charge in [-0.05, 0) is 26.3 Å². The summed E-state index contributed by atoms with van der Waals surface area (Å²) in [5, 5.41) is 3.68. The van der Waals surface area contributed by atoms with Gasteiger partial charge in [0.05, 0.1) is 23.9 Å². The number of thiophene rings is 1. The number of carbonyl (C=O) groups is 2. The van der Waals surface area contributed by atoms with Crippen LogP contribution in [-0.4, -0.2) is 84.6 Å². The summed E-state index contributed by atoms with van der Waals surface area (Å²) >= 11 is 1.36. The van der Waals surface area contributed by atoms with Gasteiger partial charge in [0, 0.05) is 39.3 Å². The lowest BCUT2D eigenvalue weighted by Gasteiger charge is -2.34. The average Bonchev–Trinajstić information content (AvgIpc) is 3.03. The maximum atomic E-state index is 13.2. The van der Waals surface area contributed by atoms with Gasteiger partial charge in [0.25, 0.3) is 5.91 Å². The smallest absolute Gasteiger partial charge is 0.264 e. The van der Waals surface area contributed by atoms with Gasteiger partial charge in [-0.25, -0.2) is 4.98 Å². The van der Waals surface area contributed by atoms with Crippen LogP contribution in [0.1, 0.15) is 34.9 Å². The summed E-state index contributed by atoms with van der Waals surface area (Å²) in [5.41, 5.74) is 0.833. The van der Waals surface area contributed by atoms with Crippen molar-refractivity contribution in [3.05, 3.63) is 16.3 Å². The number of methoxy groups -OCH3 is 2. The summed E-state index contributed by atoms with van der Waals surface area (Å²) < 4.78 is 10.6. The maximum absolute atomic E-state index is 13.2. The first-order valence-electron chi connectivity index (χ1n) is 9.98. The van der Waals surface area contributed by atoms with Crippen molar-refractivity contribution in [2.75, 3.05) is 46.9 Å². The van der Waals surface area contributed by atoms with Gasteiger partial charge >= 0.3 is 0 Å². The fourth-order valence-electron chi connectivity index (χ4n) is 3.51. The van der Waals surface area contributed by atoms with Crippen molar-refractivity contribution in [3.8, 4) is 5.88 Å². The van der Waals surface area contributed by atoms with Crippen molar-refractivity contribution in [1.29, 1.82) is 0 Å². The zero-order valence-corrected chi connectivity index (χ0v) is 19.0. The largest absolute Gasteiger partial charge is 0.480 e. The van der Waals surface area contributed by atoms with Crippen molar-refractivity contribution in [1.82, 2.24) is 25.1 Å². The summed E-state index contributed by atoms with van der Waals surface area (Å²) in [7, 11) is 3.15. The second-order valence-electron chi connectivity index (χ2n) is 7.61. The number of aromatic nitrogens is 2. The first-order valence-corrected chi connectivity index (χ1v) is 10.8. The van der Waals surface area contributed by atoms with Crippen molar-refractivity contribution in [2.24, 2.45) is 0 Å². The number of hydrogen-bond donors (Lipinski definition) is 1. The standard InChI is InChI=1S/C20H29N5O4S/c1-12(2)21-15(26)10-24-6-8-25(9-7-24)20(27)17-13(3)16-18(29-5)22-14(11-28-4)23-19(16)30-17/h12H,6-11H2,1-5H3,(H,21,26). The van der Waals surface area contributed by atoms with E-state index in [2.05, 4.69) is 20.2 Å². The molecule has 2 aromatic heterocycles. The third-order valence-corrected chi connectivity index (χ3v) is 6.11. The summed E-state index contributed by atoms with van der Waals surface area (Å²) in [5.74, 6) is 0.982. The highest BCUT2D eigenvalue weighted by molar-refractivity contribution is 7.20. The number of rotatable bonds is 7. The molecule has 2 amide bonds. The molecule has 0 spiro atoms. The van der Waals surface area contributed by atoms with E-state index in [1.807, 2.05) is 25.7 Å². The fraction of sp³-hybridized carbons (Fsp3) is 0.600. The minimum Gasteiger partial charge on any atom is -0.480 e. The SMILES string of the molecule is COCc1nc(OC)c2c(C)c(C(=O)N3CCN(CC(=O)NC(C)C)CC3)sc2n1. The molecule has 2 aromatic rings. The van der Waals surface area contributed by atoms with Crippen LogP contribution in [0.5, 0.6) is 5.88 Å². The van der Waals surface area contributed by atoms with Crippen molar-refractivity contribution < 1.29 is 19.1 Å². The molecule has 3 rings (SSSR count). The zero-order valence-electron chi connectivity index (χ0n) is 18.2. The molecule has 0 bridgehead atoms. The molecule has 30 heavy (non-hydrogen) atoms. The van der Waals surface area contributed by atoms with E-state index < -0.39 is 0 Å². The van der Waals surface area contributed by atoms with Crippen LogP contribution >= 0.6 is 11.3 Å². The van der Waals surface area contributed by atoms with Gasteiger partial charge in [0.1, 0.15) is 11.4 Å². The van der Waals surface area contributed by atoms with Crippen molar-refractivity contribution >= 4 is 33.4 Å². The number of nitrogens with zero attached hydrogens (tertiary/aromatic N) is 4. The van der Waals surface area contributed by atoms with Gasteiger partial charge in [0.2, 0.25) is 11.8 Å². The van der Waals surface area contributed by atoms with Gasteiger partial charge in [-0.3, -0.25) is 14.5 Å². The van der Waals surface area contributed by atoms with Crippen LogP contribution < -0.4 is 10.1 Å². The summed E-state index contributed by atoms with van der Waals surface area (Å²) in [6.45, 7) is 8.93. The Bertz CT molecular complexity index is 922. The molecule has 0 saturated carbocycles. The quantitative estimate of drug-likeness (QED) is 0.703. The molecule has 0 atom stereocenters. The van der Waals surface area contributed by atoms with Crippen molar-refractivity contribution in [2.45, 2.75) is 33.4 Å². The third kappa shape index (κ3) is 4.88. The topological polar surface area (TPSA) is 96.9 Å². The third-order valence-electron chi connectivity index (χ3n) is 4.94. The van der Waals surface area contributed by atoms with E-state index in [1.165, 1.54) is 11.3 Å².